The Hall–Kier alpha value is -3.17. The molecule has 0 spiro atoms. The number of carbonyl (C=O) groups is 1. The van der Waals surface area contributed by atoms with Crippen LogP contribution in [0.1, 0.15) is 17.7 Å². The lowest BCUT2D eigenvalue weighted by molar-refractivity contribution is 0.142. The van der Waals surface area contributed by atoms with Crippen molar-refractivity contribution in [3.05, 3.63) is 39.8 Å². The van der Waals surface area contributed by atoms with Crippen molar-refractivity contribution in [2.45, 2.75) is 19.4 Å². The van der Waals surface area contributed by atoms with Crippen molar-refractivity contribution in [1.82, 2.24) is 14.9 Å². The van der Waals surface area contributed by atoms with Crippen molar-refractivity contribution in [1.29, 1.82) is 0 Å². The van der Waals surface area contributed by atoms with Gasteiger partial charge in [-0.15, -0.1) is 12.4 Å². The van der Waals surface area contributed by atoms with E-state index >= 15 is 0 Å². The third-order valence-electron chi connectivity index (χ3n) is 5.26. The number of nitrogens with one attached hydrogen (secondary N) is 3. The summed E-state index contributed by atoms with van der Waals surface area (Å²) >= 11 is 0. The molecule has 10 heteroatoms. The van der Waals surface area contributed by atoms with E-state index in [1.165, 1.54) is 0 Å². The van der Waals surface area contributed by atoms with E-state index < -0.39 is 23.2 Å². The second-order valence-corrected chi connectivity index (χ2v) is 7.07. The molecule has 0 atom stereocenters. The Morgan fingerprint density at radius 2 is 2.10 bits per heavy atom. The van der Waals surface area contributed by atoms with E-state index in [2.05, 4.69) is 31.0 Å². The smallest absolute Gasteiger partial charge is 0.504 e. The Morgan fingerprint density at radius 3 is 2.80 bits per heavy atom. The first-order valence-electron chi connectivity index (χ1n) is 9.30. The zero-order valence-electron chi connectivity index (χ0n) is 16.5. The van der Waals surface area contributed by atoms with Gasteiger partial charge in [0.2, 0.25) is 5.75 Å². The number of pyridine rings is 1. The summed E-state index contributed by atoms with van der Waals surface area (Å²) in [5.74, 6) is -1.02. The number of hydrogen-bond acceptors (Lipinski definition) is 6. The number of nitrogens with zero attached hydrogens (tertiary/aromatic N) is 1. The summed E-state index contributed by atoms with van der Waals surface area (Å²) in [6.45, 7) is 1.38. The van der Waals surface area contributed by atoms with Crippen molar-refractivity contribution < 1.29 is 19.7 Å². The van der Waals surface area contributed by atoms with Gasteiger partial charge >= 0.3 is 6.16 Å². The molecule has 2 aromatic heterocycles. The number of aryl methyl sites for hydroxylation is 1. The fourth-order valence-electron chi connectivity index (χ4n) is 3.90. The molecule has 0 unspecified atom stereocenters. The summed E-state index contributed by atoms with van der Waals surface area (Å²) in [5.41, 5.74) is 3.87. The predicted octanol–water partition coefficient (Wildman–Crippen LogP) is 2.80. The molecule has 30 heavy (non-hydrogen) atoms. The van der Waals surface area contributed by atoms with E-state index in [1.807, 2.05) is 26.2 Å². The molecular formula is C20H23ClN4O5. The number of carboxylic acid groups (broad SMARTS) is 1. The van der Waals surface area contributed by atoms with Gasteiger partial charge in [0, 0.05) is 48.0 Å². The van der Waals surface area contributed by atoms with Gasteiger partial charge in [0.25, 0.3) is 5.56 Å². The minimum atomic E-state index is -1.65. The molecule has 0 amide bonds. The first-order chi connectivity index (χ1) is 13.9. The summed E-state index contributed by atoms with van der Waals surface area (Å²) < 4.78 is 6.62. The highest BCUT2D eigenvalue weighted by molar-refractivity contribution is 5.94. The lowest BCUT2D eigenvalue weighted by atomic mass is 9.96. The normalized spacial score (nSPS) is 12.7. The minimum absolute atomic E-state index is 0. The highest BCUT2D eigenvalue weighted by Gasteiger charge is 2.24. The molecule has 3 heterocycles. The molecule has 160 valence electrons. The lowest BCUT2D eigenvalue weighted by Crippen LogP contribution is -2.19. The van der Waals surface area contributed by atoms with Gasteiger partial charge in [-0.25, -0.2) is 4.79 Å². The fraction of sp³-hybridized carbons (Fsp3) is 0.300. The number of benzene rings is 1. The summed E-state index contributed by atoms with van der Waals surface area (Å²) in [7, 11) is 3.89. The van der Waals surface area contributed by atoms with Crippen LogP contribution in [0.2, 0.25) is 0 Å². The summed E-state index contributed by atoms with van der Waals surface area (Å²) in [6.07, 6.45) is -0.505. The third kappa shape index (κ3) is 3.57. The molecule has 4 rings (SSSR count). The van der Waals surface area contributed by atoms with Crippen LogP contribution in [0.3, 0.4) is 0 Å². The van der Waals surface area contributed by atoms with Gasteiger partial charge in [0.05, 0.1) is 11.2 Å². The average Bonchev–Trinajstić information content (AvgIpc) is 2.96. The molecule has 0 aliphatic carbocycles. The zero-order chi connectivity index (χ0) is 20.7. The standard InChI is InChI=1S/C20H22N4O5.ClH/c1-21-9-11-6-10-7-13-14(8-15(10)24(11)2)22-5-3-4-12-16(13)23-19(26)18(17(12)25)29-20(27)28;/h6-8,21-22H,3-5,9H2,1-2H3,(H,27,28)(H2,23,25,26);1H. The van der Waals surface area contributed by atoms with Crippen molar-refractivity contribution >= 4 is 35.2 Å². The number of fused-ring (bicyclic) bond motifs is 4. The highest BCUT2D eigenvalue weighted by Crippen LogP contribution is 2.40. The average molecular weight is 435 g/mol. The van der Waals surface area contributed by atoms with Gasteiger partial charge in [0.15, 0.2) is 5.75 Å². The van der Waals surface area contributed by atoms with Gasteiger partial charge in [-0.05, 0) is 38.1 Å². The van der Waals surface area contributed by atoms with E-state index in [1.54, 1.807) is 0 Å². The van der Waals surface area contributed by atoms with Crippen LogP contribution in [0, 0.1) is 0 Å². The van der Waals surface area contributed by atoms with Gasteiger partial charge < -0.3 is 35.1 Å². The molecular weight excluding hydrogens is 412 g/mol. The van der Waals surface area contributed by atoms with Crippen LogP contribution >= 0.6 is 12.4 Å². The van der Waals surface area contributed by atoms with E-state index in [9.17, 15) is 14.7 Å². The van der Waals surface area contributed by atoms with Gasteiger partial charge in [-0.1, -0.05) is 0 Å². The van der Waals surface area contributed by atoms with Crippen LogP contribution in [-0.4, -0.2) is 39.5 Å². The Morgan fingerprint density at radius 1 is 1.33 bits per heavy atom. The Kier molecular flexibility index (Phi) is 5.95. The highest BCUT2D eigenvalue weighted by atomic mass is 35.5. The van der Waals surface area contributed by atoms with Crippen LogP contribution in [-0.2, 0) is 20.0 Å². The number of ether oxygens (including phenoxy) is 1. The number of aromatic nitrogens is 2. The SMILES string of the molecule is CNCc1cc2cc3c(cc2n1C)NCCCc1c-3[nH]c(=O)c(OC(=O)O)c1O.Cl. The maximum absolute atomic E-state index is 12.4. The van der Waals surface area contributed by atoms with Crippen molar-refractivity contribution in [3.8, 4) is 22.8 Å². The molecule has 0 radical (unpaired) electrons. The largest absolute Gasteiger partial charge is 0.511 e. The van der Waals surface area contributed by atoms with Gasteiger partial charge in [-0.2, -0.15) is 0 Å². The molecule has 0 bridgehead atoms. The molecule has 0 saturated carbocycles. The van der Waals surface area contributed by atoms with E-state index in [0.29, 0.717) is 37.2 Å². The Bertz CT molecular complexity index is 1180. The van der Waals surface area contributed by atoms with Crippen LogP contribution in [0.5, 0.6) is 11.5 Å². The summed E-state index contributed by atoms with van der Waals surface area (Å²) in [4.78, 5) is 26.0. The van der Waals surface area contributed by atoms with Crippen LogP contribution in [0.25, 0.3) is 22.2 Å². The van der Waals surface area contributed by atoms with Crippen molar-refractivity contribution in [3.63, 3.8) is 0 Å². The molecule has 1 aromatic carbocycles. The Balaban J connectivity index is 0.00000256. The first kappa shape index (κ1) is 21.5. The monoisotopic (exact) mass is 434 g/mol. The molecule has 0 saturated heterocycles. The third-order valence-corrected chi connectivity index (χ3v) is 5.26. The van der Waals surface area contributed by atoms with Crippen LogP contribution < -0.4 is 20.9 Å². The van der Waals surface area contributed by atoms with Gasteiger partial charge in [-0.3, -0.25) is 4.79 Å². The zero-order valence-corrected chi connectivity index (χ0v) is 17.4. The number of aromatic amines is 1. The maximum atomic E-state index is 12.4. The first-order valence-corrected chi connectivity index (χ1v) is 9.30. The molecule has 1 aliphatic heterocycles. The summed E-state index contributed by atoms with van der Waals surface area (Å²) in [5, 5.41) is 27.0. The maximum Gasteiger partial charge on any atom is 0.511 e. The molecule has 0 fully saturated rings. The van der Waals surface area contributed by atoms with Crippen molar-refractivity contribution in [2.24, 2.45) is 7.05 Å². The van der Waals surface area contributed by atoms with E-state index in [0.717, 1.165) is 27.8 Å². The molecule has 5 N–H and O–H groups in total. The number of anilines is 1. The fourth-order valence-corrected chi connectivity index (χ4v) is 3.90. The second-order valence-electron chi connectivity index (χ2n) is 7.07. The minimum Gasteiger partial charge on any atom is -0.504 e. The number of hydrogen-bond donors (Lipinski definition) is 5. The number of H-pyrrole nitrogens is 1. The second kappa shape index (κ2) is 8.29. The lowest BCUT2D eigenvalue weighted by Gasteiger charge is -2.20. The summed E-state index contributed by atoms with van der Waals surface area (Å²) in [6, 6.07) is 6.06. The number of halogens is 1. The van der Waals surface area contributed by atoms with E-state index in [4.69, 9.17) is 5.11 Å². The molecule has 9 nitrogen and oxygen atoms in total. The van der Waals surface area contributed by atoms with Crippen LogP contribution in [0.4, 0.5) is 10.5 Å². The molecule has 1 aliphatic rings. The van der Waals surface area contributed by atoms with Crippen molar-refractivity contribution in [2.75, 3.05) is 18.9 Å². The topological polar surface area (TPSA) is 129 Å². The van der Waals surface area contributed by atoms with Crippen LogP contribution in [0.15, 0.2) is 23.0 Å². The van der Waals surface area contributed by atoms with E-state index in [-0.39, 0.29) is 12.4 Å². The van der Waals surface area contributed by atoms with Gasteiger partial charge in [0.1, 0.15) is 0 Å². The number of rotatable bonds is 3. The predicted molar refractivity (Wildman–Crippen MR) is 116 cm³/mol. The molecule has 3 aromatic rings. The number of aromatic hydroxyl groups is 1. The Labute approximate surface area is 178 Å². The quantitative estimate of drug-likeness (QED) is 0.401.